The summed E-state index contributed by atoms with van der Waals surface area (Å²) in [7, 11) is 1.25. The molecule has 0 unspecified atom stereocenters. The van der Waals surface area contributed by atoms with Crippen molar-refractivity contribution in [2.24, 2.45) is 5.92 Å². The van der Waals surface area contributed by atoms with Gasteiger partial charge in [0.05, 0.1) is 18.5 Å². The van der Waals surface area contributed by atoms with Crippen LogP contribution < -0.4 is 5.32 Å². The van der Waals surface area contributed by atoms with Crippen molar-refractivity contribution in [1.82, 2.24) is 20.3 Å². The summed E-state index contributed by atoms with van der Waals surface area (Å²) < 4.78 is 9.73. The maximum atomic E-state index is 12.3. The summed E-state index contributed by atoms with van der Waals surface area (Å²) in [4.78, 5) is 37.5. The van der Waals surface area contributed by atoms with Gasteiger partial charge in [-0.3, -0.25) is 4.79 Å². The van der Waals surface area contributed by atoms with Crippen LogP contribution in [0.4, 0.5) is 0 Å². The second kappa shape index (κ2) is 10.0. The molecule has 0 spiro atoms. The van der Waals surface area contributed by atoms with Gasteiger partial charge in [0.15, 0.2) is 12.3 Å². The van der Waals surface area contributed by atoms with E-state index in [0.29, 0.717) is 22.8 Å². The highest BCUT2D eigenvalue weighted by Gasteiger charge is 2.27. The van der Waals surface area contributed by atoms with Crippen LogP contribution in [0.3, 0.4) is 0 Å². The number of halogens is 1. The number of methoxy groups -OCH3 is 1. The maximum Gasteiger partial charge on any atom is 0.361 e. The van der Waals surface area contributed by atoms with Crippen molar-refractivity contribution in [2.75, 3.05) is 13.7 Å². The molecule has 10 heteroatoms. The van der Waals surface area contributed by atoms with Gasteiger partial charge in [-0.05, 0) is 31.0 Å². The Hall–Kier alpha value is -2.94. The van der Waals surface area contributed by atoms with Crippen molar-refractivity contribution in [3.05, 3.63) is 40.7 Å². The van der Waals surface area contributed by atoms with Crippen LogP contribution >= 0.6 is 11.6 Å². The van der Waals surface area contributed by atoms with E-state index in [2.05, 4.69) is 15.5 Å². The van der Waals surface area contributed by atoms with Crippen molar-refractivity contribution in [2.45, 2.75) is 33.2 Å². The van der Waals surface area contributed by atoms with Crippen LogP contribution in [0.25, 0.3) is 5.69 Å². The fourth-order valence-corrected chi connectivity index (χ4v) is 2.68. The van der Waals surface area contributed by atoms with E-state index in [4.69, 9.17) is 21.1 Å². The van der Waals surface area contributed by atoms with Gasteiger partial charge in [0, 0.05) is 5.02 Å². The number of aryl methyl sites for hydroxylation is 1. The lowest BCUT2D eigenvalue weighted by molar-refractivity contribution is -0.147. The molecule has 29 heavy (non-hydrogen) atoms. The summed E-state index contributed by atoms with van der Waals surface area (Å²) >= 11 is 5.96. The Morgan fingerprint density at radius 1 is 1.28 bits per heavy atom. The summed E-state index contributed by atoms with van der Waals surface area (Å²) in [6.07, 6.45) is 0.658. The van der Waals surface area contributed by atoms with Crippen molar-refractivity contribution >= 4 is 29.4 Å². The van der Waals surface area contributed by atoms with Gasteiger partial charge in [0.1, 0.15) is 6.04 Å². The number of aromatic nitrogens is 3. The SMILES string of the molecule is CC[C@H](C)[C@H](NC(=O)COC(=O)c1nn(-c2cccc(Cl)c2)nc1C)C(=O)OC. The highest BCUT2D eigenvalue weighted by atomic mass is 35.5. The average molecular weight is 423 g/mol. The number of benzene rings is 1. The summed E-state index contributed by atoms with van der Waals surface area (Å²) in [6.45, 7) is 4.73. The zero-order valence-corrected chi connectivity index (χ0v) is 17.4. The first kappa shape index (κ1) is 22.4. The lowest BCUT2D eigenvalue weighted by Gasteiger charge is -2.21. The fraction of sp³-hybridized carbons (Fsp3) is 0.421. The van der Waals surface area contributed by atoms with E-state index >= 15 is 0 Å². The second-order valence-electron chi connectivity index (χ2n) is 6.43. The molecule has 2 atom stereocenters. The first-order valence-electron chi connectivity index (χ1n) is 9.01. The molecule has 1 aromatic heterocycles. The normalized spacial score (nSPS) is 12.7. The van der Waals surface area contributed by atoms with E-state index in [9.17, 15) is 14.4 Å². The van der Waals surface area contributed by atoms with Crippen LogP contribution in [0, 0.1) is 12.8 Å². The van der Waals surface area contributed by atoms with Gasteiger partial charge in [-0.2, -0.15) is 9.90 Å². The molecular weight excluding hydrogens is 400 g/mol. The molecule has 0 saturated heterocycles. The smallest absolute Gasteiger partial charge is 0.361 e. The minimum Gasteiger partial charge on any atom is -0.467 e. The summed E-state index contributed by atoms with van der Waals surface area (Å²) in [5.41, 5.74) is 0.888. The summed E-state index contributed by atoms with van der Waals surface area (Å²) in [5.74, 6) is -2.11. The Morgan fingerprint density at radius 2 is 2.00 bits per heavy atom. The highest BCUT2D eigenvalue weighted by molar-refractivity contribution is 6.30. The molecule has 1 aromatic carbocycles. The van der Waals surface area contributed by atoms with E-state index in [1.807, 2.05) is 13.8 Å². The van der Waals surface area contributed by atoms with Crippen LogP contribution in [-0.2, 0) is 19.1 Å². The molecule has 0 bridgehead atoms. The Morgan fingerprint density at radius 3 is 2.62 bits per heavy atom. The molecule has 0 aliphatic heterocycles. The van der Waals surface area contributed by atoms with Gasteiger partial charge >= 0.3 is 11.9 Å². The number of amides is 1. The highest BCUT2D eigenvalue weighted by Crippen LogP contribution is 2.15. The third-order valence-electron chi connectivity index (χ3n) is 4.33. The van der Waals surface area contributed by atoms with Gasteiger partial charge in [0.25, 0.3) is 5.91 Å². The van der Waals surface area contributed by atoms with Gasteiger partial charge in [-0.1, -0.05) is 37.9 Å². The van der Waals surface area contributed by atoms with Gasteiger partial charge in [-0.15, -0.1) is 5.10 Å². The Balaban J connectivity index is 2.02. The first-order chi connectivity index (χ1) is 13.8. The zero-order valence-electron chi connectivity index (χ0n) is 16.6. The maximum absolute atomic E-state index is 12.3. The van der Waals surface area contributed by atoms with Crippen molar-refractivity contribution in [3.63, 3.8) is 0 Å². The van der Waals surface area contributed by atoms with Crippen LogP contribution in [0.1, 0.15) is 36.5 Å². The molecule has 9 nitrogen and oxygen atoms in total. The molecule has 0 aliphatic rings. The van der Waals surface area contributed by atoms with Gasteiger partial charge < -0.3 is 14.8 Å². The number of esters is 2. The van der Waals surface area contributed by atoms with E-state index in [0.717, 1.165) is 0 Å². The van der Waals surface area contributed by atoms with E-state index in [1.54, 1.807) is 31.2 Å². The molecule has 0 fully saturated rings. The van der Waals surface area contributed by atoms with Crippen LogP contribution in [0.5, 0.6) is 0 Å². The minimum atomic E-state index is -0.818. The number of rotatable bonds is 8. The van der Waals surface area contributed by atoms with Crippen LogP contribution in [0.15, 0.2) is 24.3 Å². The average Bonchev–Trinajstić information content (AvgIpc) is 3.10. The van der Waals surface area contributed by atoms with Gasteiger partial charge in [0.2, 0.25) is 0 Å². The largest absolute Gasteiger partial charge is 0.467 e. The Labute approximate surface area is 173 Å². The molecule has 1 amide bonds. The number of carbonyl (C=O) groups excluding carboxylic acids is 3. The third kappa shape index (κ3) is 5.77. The lowest BCUT2D eigenvalue weighted by Crippen LogP contribution is -2.47. The first-order valence-corrected chi connectivity index (χ1v) is 9.38. The molecule has 1 N–H and O–H groups in total. The van der Waals surface area contributed by atoms with Crippen LogP contribution in [0.2, 0.25) is 5.02 Å². The molecule has 0 radical (unpaired) electrons. The molecule has 2 rings (SSSR count). The fourth-order valence-electron chi connectivity index (χ4n) is 2.49. The van der Waals surface area contributed by atoms with E-state index in [-0.39, 0.29) is 11.6 Å². The predicted octanol–water partition coefficient (Wildman–Crippen LogP) is 2.09. The van der Waals surface area contributed by atoms with Crippen molar-refractivity contribution in [1.29, 1.82) is 0 Å². The Bertz CT molecular complexity index is 898. The standard InChI is InChI=1S/C19H23ClN4O5/c1-5-11(2)16(18(26)28-4)21-15(25)10-29-19(27)17-12(3)22-24(23-17)14-8-6-7-13(20)9-14/h6-9,11,16H,5,10H2,1-4H3,(H,21,25)/t11-,16-/m0/s1. The number of hydrogen-bond acceptors (Lipinski definition) is 7. The number of ether oxygens (including phenoxy) is 2. The monoisotopic (exact) mass is 422 g/mol. The zero-order chi connectivity index (χ0) is 21.6. The number of hydrogen-bond donors (Lipinski definition) is 1. The predicted molar refractivity (Wildman–Crippen MR) is 105 cm³/mol. The summed E-state index contributed by atoms with van der Waals surface area (Å²) in [6, 6.07) is 5.99. The van der Waals surface area contributed by atoms with Crippen LogP contribution in [-0.4, -0.2) is 52.6 Å². The van der Waals surface area contributed by atoms with Crippen molar-refractivity contribution < 1.29 is 23.9 Å². The van der Waals surface area contributed by atoms with E-state index in [1.165, 1.54) is 11.9 Å². The lowest BCUT2D eigenvalue weighted by atomic mass is 9.99. The Kier molecular flexibility index (Phi) is 7.72. The van der Waals surface area contributed by atoms with E-state index < -0.39 is 30.5 Å². The third-order valence-corrected chi connectivity index (χ3v) is 4.57. The molecule has 0 saturated carbocycles. The molecular formula is C19H23ClN4O5. The molecule has 156 valence electrons. The number of nitrogens with zero attached hydrogens (tertiary/aromatic N) is 3. The molecule has 0 aliphatic carbocycles. The van der Waals surface area contributed by atoms with Crippen molar-refractivity contribution in [3.8, 4) is 5.69 Å². The number of carbonyl (C=O) groups is 3. The quantitative estimate of drug-likeness (QED) is 0.648. The number of nitrogens with one attached hydrogen (secondary N) is 1. The molecule has 2 aromatic rings. The topological polar surface area (TPSA) is 112 Å². The minimum absolute atomic E-state index is 0.0239. The molecule has 1 heterocycles. The second-order valence-corrected chi connectivity index (χ2v) is 6.87. The summed E-state index contributed by atoms with van der Waals surface area (Å²) in [5, 5.41) is 11.3. The van der Waals surface area contributed by atoms with Gasteiger partial charge in [-0.25, -0.2) is 9.59 Å².